The summed E-state index contributed by atoms with van der Waals surface area (Å²) in [5, 5.41) is 3.59. The second-order valence-electron chi connectivity index (χ2n) is 4.95. The number of benzene rings is 1. The van der Waals surface area contributed by atoms with Crippen LogP contribution in [0.2, 0.25) is 5.02 Å². The van der Waals surface area contributed by atoms with E-state index in [0.29, 0.717) is 21.3 Å². The molecule has 2 nitrogen and oxygen atoms in total. The molecule has 19 heavy (non-hydrogen) atoms. The second-order valence-corrected chi connectivity index (χ2v) is 7.54. The molecule has 0 saturated heterocycles. The van der Waals surface area contributed by atoms with Crippen molar-refractivity contribution in [2.45, 2.75) is 30.5 Å². The van der Waals surface area contributed by atoms with Gasteiger partial charge in [-0.3, -0.25) is 4.79 Å². The summed E-state index contributed by atoms with van der Waals surface area (Å²) in [6, 6.07) is 5.25. The zero-order valence-corrected chi connectivity index (χ0v) is 14.4. The predicted octanol–water partition coefficient (Wildman–Crippen LogP) is 4.79. The Hall–Kier alpha value is -0.0600. The number of carbonyl (C=O) groups is 1. The highest BCUT2D eigenvalue weighted by atomic mass is 79.9. The van der Waals surface area contributed by atoms with Crippen molar-refractivity contribution in [3.63, 3.8) is 0 Å². The zero-order valence-electron chi connectivity index (χ0n) is 10.5. The minimum absolute atomic E-state index is 0.0599. The number of hydrogen-bond donors (Lipinski definition) is 1. The van der Waals surface area contributed by atoms with E-state index < -0.39 is 0 Å². The van der Waals surface area contributed by atoms with Crippen LogP contribution < -0.4 is 5.32 Å². The van der Waals surface area contributed by atoms with Crippen molar-refractivity contribution in [1.29, 1.82) is 0 Å². The summed E-state index contributed by atoms with van der Waals surface area (Å²) in [5.74, 6) is 0.533. The van der Waals surface area contributed by atoms with Gasteiger partial charge in [0.15, 0.2) is 0 Å². The number of amides is 1. The van der Waals surface area contributed by atoms with Gasteiger partial charge in [-0.2, -0.15) is 0 Å². The van der Waals surface area contributed by atoms with Crippen LogP contribution in [-0.2, 0) is 0 Å². The lowest BCUT2D eigenvalue weighted by atomic mass is 9.89. The molecule has 1 amide bonds. The molecule has 1 aliphatic rings. The van der Waals surface area contributed by atoms with Crippen molar-refractivity contribution in [2.24, 2.45) is 5.92 Å². The van der Waals surface area contributed by atoms with Gasteiger partial charge in [0.25, 0.3) is 5.91 Å². The Kier molecular flexibility index (Phi) is 5.72. The molecule has 0 aliphatic heterocycles. The molecule has 0 radical (unpaired) electrons. The molecule has 0 bridgehead atoms. The molecule has 1 N–H and O–H groups in total. The Labute approximate surface area is 135 Å². The third kappa shape index (κ3) is 4.47. The van der Waals surface area contributed by atoms with E-state index in [4.69, 9.17) is 11.6 Å². The van der Waals surface area contributed by atoms with E-state index in [1.807, 2.05) is 0 Å². The Bertz CT molecular complexity index is 459. The van der Waals surface area contributed by atoms with Gasteiger partial charge in [-0.05, 0) is 65.7 Å². The molecule has 1 aliphatic carbocycles. The van der Waals surface area contributed by atoms with Crippen molar-refractivity contribution < 1.29 is 4.79 Å². The lowest BCUT2D eigenvalue weighted by Gasteiger charge is -2.25. The summed E-state index contributed by atoms with van der Waals surface area (Å²) in [7, 11) is 0. The number of alkyl halides is 1. The second kappa shape index (κ2) is 7.09. The number of rotatable bonds is 3. The average molecular weight is 410 g/mol. The normalized spacial score (nSPS) is 23.1. The predicted molar refractivity (Wildman–Crippen MR) is 86.2 cm³/mol. The van der Waals surface area contributed by atoms with Gasteiger partial charge in [0, 0.05) is 20.9 Å². The molecule has 5 heteroatoms. The van der Waals surface area contributed by atoms with Crippen LogP contribution >= 0.6 is 43.5 Å². The SMILES string of the molecule is O=C(NCC1CCC(Br)CC1)c1cc(Cl)ccc1Br. The monoisotopic (exact) mass is 407 g/mol. The molecule has 0 heterocycles. The lowest BCUT2D eigenvalue weighted by Crippen LogP contribution is -2.31. The van der Waals surface area contributed by atoms with Gasteiger partial charge in [-0.1, -0.05) is 27.5 Å². The Morgan fingerprint density at radius 1 is 1.32 bits per heavy atom. The van der Waals surface area contributed by atoms with E-state index in [9.17, 15) is 4.79 Å². The summed E-state index contributed by atoms with van der Waals surface area (Å²) in [5.41, 5.74) is 0.599. The van der Waals surface area contributed by atoms with E-state index in [1.54, 1.807) is 18.2 Å². The molecule has 1 saturated carbocycles. The van der Waals surface area contributed by atoms with Crippen LogP contribution in [0.25, 0.3) is 0 Å². The fourth-order valence-corrected chi connectivity index (χ4v) is 3.46. The van der Waals surface area contributed by atoms with Gasteiger partial charge >= 0.3 is 0 Å². The Morgan fingerprint density at radius 2 is 2.00 bits per heavy atom. The zero-order chi connectivity index (χ0) is 13.8. The van der Waals surface area contributed by atoms with Crippen molar-refractivity contribution in [3.05, 3.63) is 33.3 Å². The van der Waals surface area contributed by atoms with Crippen LogP contribution in [0.5, 0.6) is 0 Å². The number of carbonyl (C=O) groups excluding carboxylic acids is 1. The summed E-state index contributed by atoms with van der Waals surface area (Å²) >= 11 is 12.9. The summed E-state index contributed by atoms with van der Waals surface area (Å²) in [6.07, 6.45) is 4.74. The van der Waals surface area contributed by atoms with Gasteiger partial charge in [0.05, 0.1) is 5.56 Å². The minimum Gasteiger partial charge on any atom is -0.352 e. The standard InChI is InChI=1S/C14H16Br2ClNO/c15-10-3-1-9(2-4-10)8-18-14(19)12-7-11(17)5-6-13(12)16/h5-7,9-10H,1-4,8H2,(H,18,19). The molecule has 0 aromatic heterocycles. The molecule has 1 fully saturated rings. The van der Waals surface area contributed by atoms with Gasteiger partial charge in [0.2, 0.25) is 0 Å². The highest BCUT2D eigenvalue weighted by Gasteiger charge is 2.20. The minimum atomic E-state index is -0.0599. The molecule has 2 rings (SSSR count). The molecule has 104 valence electrons. The smallest absolute Gasteiger partial charge is 0.252 e. The number of halogens is 3. The van der Waals surface area contributed by atoms with Crippen molar-refractivity contribution in [2.75, 3.05) is 6.54 Å². The van der Waals surface area contributed by atoms with E-state index in [-0.39, 0.29) is 5.91 Å². The lowest BCUT2D eigenvalue weighted by molar-refractivity contribution is 0.0943. The fourth-order valence-electron chi connectivity index (χ4n) is 2.33. The molecule has 0 atom stereocenters. The fraction of sp³-hybridized carbons (Fsp3) is 0.500. The molecule has 0 spiro atoms. The van der Waals surface area contributed by atoms with E-state index in [2.05, 4.69) is 37.2 Å². The molecular formula is C14H16Br2ClNO. The van der Waals surface area contributed by atoms with E-state index >= 15 is 0 Å². The van der Waals surface area contributed by atoms with Crippen LogP contribution in [0.1, 0.15) is 36.0 Å². The highest BCUT2D eigenvalue weighted by Crippen LogP contribution is 2.28. The Morgan fingerprint density at radius 3 is 2.68 bits per heavy atom. The summed E-state index contributed by atoms with van der Waals surface area (Å²) in [4.78, 5) is 12.8. The topological polar surface area (TPSA) is 29.1 Å². The third-order valence-electron chi connectivity index (χ3n) is 3.50. The maximum absolute atomic E-state index is 12.1. The number of hydrogen-bond acceptors (Lipinski definition) is 1. The largest absolute Gasteiger partial charge is 0.352 e. The first-order chi connectivity index (χ1) is 9.06. The van der Waals surface area contributed by atoms with Gasteiger partial charge in [-0.25, -0.2) is 0 Å². The maximum Gasteiger partial charge on any atom is 0.252 e. The highest BCUT2D eigenvalue weighted by molar-refractivity contribution is 9.10. The van der Waals surface area contributed by atoms with Gasteiger partial charge in [-0.15, -0.1) is 0 Å². The first kappa shape index (κ1) is 15.3. The molecule has 1 aromatic carbocycles. The van der Waals surface area contributed by atoms with Crippen LogP contribution in [0, 0.1) is 5.92 Å². The quantitative estimate of drug-likeness (QED) is 0.715. The van der Waals surface area contributed by atoms with Crippen LogP contribution in [0.4, 0.5) is 0 Å². The van der Waals surface area contributed by atoms with Gasteiger partial charge in [0.1, 0.15) is 0 Å². The molecule has 1 aromatic rings. The van der Waals surface area contributed by atoms with Crippen LogP contribution in [0.3, 0.4) is 0 Å². The average Bonchev–Trinajstić information content (AvgIpc) is 2.40. The molecule has 0 unspecified atom stereocenters. The molecular weight excluding hydrogens is 393 g/mol. The first-order valence-electron chi connectivity index (χ1n) is 6.43. The third-order valence-corrected chi connectivity index (χ3v) is 5.34. The van der Waals surface area contributed by atoms with Crippen molar-refractivity contribution in [1.82, 2.24) is 5.32 Å². The summed E-state index contributed by atoms with van der Waals surface area (Å²) in [6.45, 7) is 0.748. The Balaban J connectivity index is 1.89. The van der Waals surface area contributed by atoms with Crippen molar-refractivity contribution >= 4 is 49.4 Å². The van der Waals surface area contributed by atoms with Crippen LogP contribution in [-0.4, -0.2) is 17.3 Å². The van der Waals surface area contributed by atoms with E-state index in [1.165, 1.54) is 25.7 Å². The van der Waals surface area contributed by atoms with E-state index in [0.717, 1.165) is 11.0 Å². The first-order valence-corrected chi connectivity index (χ1v) is 8.52. The van der Waals surface area contributed by atoms with Crippen molar-refractivity contribution in [3.8, 4) is 0 Å². The maximum atomic E-state index is 12.1. The van der Waals surface area contributed by atoms with Gasteiger partial charge < -0.3 is 5.32 Å². The van der Waals surface area contributed by atoms with Crippen LogP contribution in [0.15, 0.2) is 22.7 Å². The summed E-state index contributed by atoms with van der Waals surface area (Å²) < 4.78 is 0.776. The number of nitrogens with one attached hydrogen (secondary N) is 1.